The molecule has 0 saturated heterocycles. The number of aryl methyl sites for hydroxylation is 2. The van der Waals surface area contributed by atoms with Crippen molar-refractivity contribution in [1.82, 2.24) is 9.78 Å². The lowest BCUT2D eigenvalue weighted by Gasteiger charge is -2.33. The van der Waals surface area contributed by atoms with Gasteiger partial charge in [0.05, 0.1) is 6.20 Å². The molecule has 1 aliphatic rings. The minimum Gasteiger partial charge on any atom is -0.299 e. The van der Waals surface area contributed by atoms with E-state index in [1.165, 1.54) is 18.4 Å². The SMILES string of the molecule is Cn1cc(CCC(=O)C2CCC(C)(C)CC2)cn1. The van der Waals surface area contributed by atoms with Gasteiger partial charge in [-0.15, -0.1) is 0 Å². The molecule has 0 radical (unpaired) electrons. The molecule has 1 aromatic heterocycles. The third-order valence-corrected chi connectivity index (χ3v) is 4.21. The molecule has 100 valence electrons. The summed E-state index contributed by atoms with van der Waals surface area (Å²) < 4.78 is 1.79. The van der Waals surface area contributed by atoms with Crippen molar-refractivity contribution in [2.45, 2.75) is 52.4 Å². The van der Waals surface area contributed by atoms with E-state index in [0.717, 1.165) is 19.3 Å². The highest BCUT2D eigenvalue weighted by molar-refractivity contribution is 5.81. The Morgan fingerprint density at radius 2 is 2.11 bits per heavy atom. The molecule has 1 aromatic rings. The van der Waals surface area contributed by atoms with Crippen LogP contribution in [-0.4, -0.2) is 15.6 Å². The number of carbonyl (C=O) groups is 1. The van der Waals surface area contributed by atoms with Crippen LogP contribution in [0.2, 0.25) is 0 Å². The highest BCUT2D eigenvalue weighted by atomic mass is 16.1. The first-order valence-electron chi connectivity index (χ1n) is 6.96. The van der Waals surface area contributed by atoms with Gasteiger partial charge in [-0.05, 0) is 43.1 Å². The van der Waals surface area contributed by atoms with E-state index in [0.29, 0.717) is 23.5 Å². The molecule has 1 aliphatic carbocycles. The van der Waals surface area contributed by atoms with Crippen LogP contribution in [0.15, 0.2) is 12.4 Å². The number of rotatable bonds is 4. The first-order valence-corrected chi connectivity index (χ1v) is 6.96. The van der Waals surface area contributed by atoms with Crippen molar-refractivity contribution in [2.24, 2.45) is 18.4 Å². The molecule has 3 heteroatoms. The molecule has 1 heterocycles. The number of carbonyl (C=O) groups excluding carboxylic acids is 1. The molecular weight excluding hydrogens is 224 g/mol. The second-order valence-electron chi connectivity index (χ2n) is 6.43. The normalized spacial score (nSPS) is 19.9. The minimum atomic E-state index is 0.315. The zero-order valence-corrected chi connectivity index (χ0v) is 11.8. The fourth-order valence-electron chi connectivity index (χ4n) is 2.79. The van der Waals surface area contributed by atoms with Gasteiger partial charge in [-0.3, -0.25) is 9.48 Å². The van der Waals surface area contributed by atoms with Crippen LogP contribution >= 0.6 is 0 Å². The largest absolute Gasteiger partial charge is 0.299 e. The summed E-state index contributed by atoms with van der Waals surface area (Å²) >= 11 is 0. The van der Waals surface area contributed by atoms with E-state index < -0.39 is 0 Å². The predicted octanol–water partition coefficient (Wildman–Crippen LogP) is 3.14. The molecule has 2 rings (SSSR count). The zero-order chi connectivity index (χ0) is 13.2. The molecular formula is C15H24N2O. The number of Topliss-reactive ketones (excluding diaryl/α,β-unsaturated/α-hetero) is 1. The van der Waals surface area contributed by atoms with E-state index in [1.54, 1.807) is 4.68 Å². The molecule has 0 unspecified atom stereocenters. The molecule has 18 heavy (non-hydrogen) atoms. The van der Waals surface area contributed by atoms with Crippen molar-refractivity contribution >= 4 is 5.78 Å². The van der Waals surface area contributed by atoms with Gasteiger partial charge in [0, 0.05) is 25.6 Å². The molecule has 0 atom stereocenters. The molecule has 0 amide bonds. The Kier molecular flexibility index (Phi) is 3.88. The monoisotopic (exact) mass is 248 g/mol. The lowest BCUT2D eigenvalue weighted by atomic mass is 9.71. The molecule has 1 saturated carbocycles. The van der Waals surface area contributed by atoms with Crippen LogP contribution in [0.25, 0.3) is 0 Å². The van der Waals surface area contributed by atoms with Crippen LogP contribution in [0.5, 0.6) is 0 Å². The van der Waals surface area contributed by atoms with Crippen LogP contribution in [0.4, 0.5) is 0 Å². The molecule has 3 nitrogen and oxygen atoms in total. The average Bonchev–Trinajstić information content (AvgIpc) is 2.72. The van der Waals surface area contributed by atoms with Crippen LogP contribution < -0.4 is 0 Å². The first-order chi connectivity index (χ1) is 8.46. The quantitative estimate of drug-likeness (QED) is 0.820. The predicted molar refractivity (Wildman–Crippen MR) is 72.3 cm³/mol. The second-order valence-corrected chi connectivity index (χ2v) is 6.43. The van der Waals surface area contributed by atoms with Crippen LogP contribution in [0.3, 0.4) is 0 Å². The van der Waals surface area contributed by atoms with Crippen molar-refractivity contribution in [3.63, 3.8) is 0 Å². The van der Waals surface area contributed by atoms with E-state index >= 15 is 0 Å². The molecule has 1 fully saturated rings. The lowest BCUT2D eigenvalue weighted by molar-refractivity contribution is -0.124. The Morgan fingerprint density at radius 3 is 2.67 bits per heavy atom. The van der Waals surface area contributed by atoms with Crippen LogP contribution in [0.1, 0.15) is 51.5 Å². The maximum absolute atomic E-state index is 12.2. The second kappa shape index (κ2) is 5.25. The molecule has 0 spiro atoms. The maximum atomic E-state index is 12.2. The number of hydrogen-bond donors (Lipinski definition) is 0. The van der Waals surface area contributed by atoms with Gasteiger partial charge in [0.15, 0.2) is 0 Å². The highest BCUT2D eigenvalue weighted by Crippen LogP contribution is 2.38. The van der Waals surface area contributed by atoms with Crippen molar-refractivity contribution in [3.8, 4) is 0 Å². The summed E-state index contributed by atoms with van der Waals surface area (Å²) in [5.74, 6) is 0.768. The number of ketones is 1. The fraction of sp³-hybridized carbons (Fsp3) is 0.733. The first kappa shape index (κ1) is 13.3. The molecule has 0 N–H and O–H groups in total. The summed E-state index contributed by atoms with van der Waals surface area (Å²) in [4.78, 5) is 12.2. The standard InChI is InChI=1S/C15H24N2O/c1-15(2)8-6-13(7-9-15)14(18)5-4-12-10-16-17(3)11-12/h10-11,13H,4-9H2,1-3H3. The molecule has 0 aliphatic heterocycles. The fourth-order valence-corrected chi connectivity index (χ4v) is 2.79. The van der Waals surface area contributed by atoms with Crippen LogP contribution in [0, 0.1) is 11.3 Å². The summed E-state index contributed by atoms with van der Waals surface area (Å²) in [7, 11) is 1.91. The van der Waals surface area contributed by atoms with E-state index in [2.05, 4.69) is 18.9 Å². The Labute approximate surface area is 110 Å². The Hall–Kier alpha value is -1.12. The van der Waals surface area contributed by atoms with Crippen molar-refractivity contribution in [2.75, 3.05) is 0 Å². The Balaban J connectivity index is 1.79. The van der Waals surface area contributed by atoms with E-state index in [4.69, 9.17) is 0 Å². The Morgan fingerprint density at radius 1 is 1.44 bits per heavy atom. The van der Waals surface area contributed by atoms with Crippen molar-refractivity contribution in [1.29, 1.82) is 0 Å². The van der Waals surface area contributed by atoms with Gasteiger partial charge in [0.2, 0.25) is 0 Å². The zero-order valence-electron chi connectivity index (χ0n) is 11.8. The summed E-state index contributed by atoms with van der Waals surface area (Å²) in [5, 5.41) is 4.13. The molecule has 0 bridgehead atoms. The van der Waals surface area contributed by atoms with Crippen LogP contribution in [-0.2, 0) is 18.3 Å². The summed E-state index contributed by atoms with van der Waals surface area (Å²) in [6.07, 6.45) is 9.92. The van der Waals surface area contributed by atoms with Gasteiger partial charge in [0.25, 0.3) is 0 Å². The topological polar surface area (TPSA) is 34.9 Å². The van der Waals surface area contributed by atoms with Gasteiger partial charge < -0.3 is 0 Å². The van der Waals surface area contributed by atoms with E-state index in [-0.39, 0.29) is 0 Å². The smallest absolute Gasteiger partial charge is 0.136 e. The van der Waals surface area contributed by atoms with Gasteiger partial charge >= 0.3 is 0 Å². The van der Waals surface area contributed by atoms with Gasteiger partial charge in [-0.2, -0.15) is 5.10 Å². The maximum Gasteiger partial charge on any atom is 0.136 e. The minimum absolute atomic E-state index is 0.315. The third kappa shape index (κ3) is 3.44. The summed E-state index contributed by atoms with van der Waals surface area (Å²) in [5.41, 5.74) is 1.61. The number of hydrogen-bond acceptors (Lipinski definition) is 2. The summed E-state index contributed by atoms with van der Waals surface area (Å²) in [6.45, 7) is 4.62. The Bertz CT molecular complexity index is 410. The van der Waals surface area contributed by atoms with Crippen molar-refractivity contribution < 1.29 is 4.79 Å². The average molecular weight is 248 g/mol. The van der Waals surface area contributed by atoms with E-state index in [1.807, 2.05) is 19.4 Å². The third-order valence-electron chi connectivity index (χ3n) is 4.21. The van der Waals surface area contributed by atoms with Gasteiger partial charge in [0.1, 0.15) is 5.78 Å². The molecule has 0 aromatic carbocycles. The van der Waals surface area contributed by atoms with Crippen molar-refractivity contribution in [3.05, 3.63) is 18.0 Å². The number of nitrogens with zero attached hydrogens (tertiary/aromatic N) is 2. The summed E-state index contributed by atoms with van der Waals surface area (Å²) in [6, 6.07) is 0. The highest BCUT2D eigenvalue weighted by Gasteiger charge is 2.30. The number of aromatic nitrogens is 2. The van der Waals surface area contributed by atoms with Gasteiger partial charge in [-0.1, -0.05) is 13.8 Å². The van der Waals surface area contributed by atoms with E-state index in [9.17, 15) is 4.79 Å². The van der Waals surface area contributed by atoms with Gasteiger partial charge in [-0.25, -0.2) is 0 Å². The lowest BCUT2D eigenvalue weighted by Crippen LogP contribution is -2.26.